The molecule has 6 nitrogen and oxygen atoms in total. The van der Waals surface area contributed by atoms with Crippen molar-refractivity contribution in [3.8, 4) is 0 Å². The van der Waals surface area contributed by atoms with Crippen LogP contribution < -0.4 is 5.01 Å². The minimum atomic E-state index is -0.564. The van der Waals surface area contributed by atoms with Crippen molar-refractivity contribution in [3.05, 3.63) is 28.0 Å². The van der Waals surface area contributed by atoms with Crippen LogP contribution in [-0.2, 0) is 4.74 Å². The molecule has 0 saturated carbocycles. The van der Waals surface area contributed by atoms with Gasteiger partial charge in [-0.3, -0.25) is 5.01 Å². The van der Waals surface area contributed by atoms with Gasteiger partial charge in [0.25, 0.3) is 0 Å². The first kappa shape index (κ1) is 19.2. The molecule has 2 aromatic rings. The third kappa shape index (κ3) is 4.38. The average molecular weight is 442 g/mol. The number of fused-ring (bicyclic) bond motifs is 1. The van der Waals surface area contributed by atoms with Gasteiger partial charge in [0.05, 0.1) is 5.52 Å². The van der Waals surface area contributed by atoms with Crippen LogP contribution in [0.3, 0.4) is 0 Å². The topological polar surface area (TPSA) is 58.6 Å². The Balaban J connectivity index is 2.06. The fourth-order valence-corrected chi connectivity index (χ4v) is 3.44. The van der Waals surface area contributed by atoms with Crippen LogP contribution >= 0.6 is 27.5 Å². The Labute approximate surface area is 166 Å². The Morgan fingerprint density at radius 2 is 1.92 bits per heavy atom. The van der Waals surface area contributed by atoms with Gasteiger partial charge < -0.3 is 4.74 Å². The Morgan fingerprint density at radius 3 is 2.65 bits per heavy atom. The van der Waals surface area contributed by atoms with E-state index < -0.39 is 5.60 Å². The zero-order valence-electron chi connectivity index (χ0n) is 15.1. The van der Waals surface area contributed by atoms with Crippen LogP contribution in [0.5, 0.6) is 0 Å². The molecule has 0 radical (unpaired) electrons. The van der Waals surface area contributed by atoms with E-state index in [1.165, 1.54) is 0 Å². The maximum Gasteiger partial charge on any atom is 0.429 e. The second-order valence-electron chi connectivity index (χ2n) is 7.27. The number of carbonyl (C=O) groups is 1. The van der Waals surface area contributed by atoms with Gasteiger partial charge in [0.15, 0.2) is 5.82 Å². The van der Waals surface area contributed by atoms with Crippen LogP contribution in [-0.4, -0.2) is 39.8 Å². The van der Waals surface area contributed by atoms with E-state index >= 15 is 0 Å². The van der Waals surface area contributed by atoms with Crippen molar-refractivity contribution in [2.75, 3.05) is 18.1 Å². The molecule has 1 amide bonds. The molecule has 1 saturated heterocycles. The summed E-state index contributed by atoms with van der Waals surface area (Å²) in [5, 5.41) is 4.51. The lowest BCUT2D eigenvalue weighted by Gasteiger charge is -2.35. The van der Waals surface area contributed by atoms with Gasteiger partial charge in [0.2, 0.25) is 5.28 Å². The van der Waals surface area contributed by atoms with Gasteiger partial charge in [-0.15, -0.1) is 0 Å². The molecule has 3 rings (SSSR count). The molecule has 8 heteroatoms. The summed E-state index contributed by atoms with van der Waals surface area (Å²) in [6.45, 7) is 6.83. The molecular weight excluding hydrogens is 420 g/mol. The Morgan fingerprint density at radius 1 is 1.19 bits per heavy atom. The van der Waals surface area contributed by atoms with E-state index in [0.29, 0.717) is 18.9 Å². The van der Waals surface area contributed by atoms with E-state index in [1.54, 1.807) is 5.01 Å². The largest absolute Gasteiger partial charge is 0.442 e. The lowest BCUT2D eigenvalue weighted by Crippen LogP contribution is -2.49. The summed E-state index contributed by atoms with van der Waals surface area (Å²) in [6, 6.07) is 5.75. The summed E-state index contributed by atoms with van der Waals surface area (Å²) in [5.41, 5.74) is 0.161. The van der Waals surface area contributed by atoms with Crippen molar-refractivity contribution in [3.63, 3.8) is 0 Å². The summed E-state index contributed by atoms with van der Waals surface area (Å²) >= 11 is 9.63. The summed E-state index contributed by atoms with van der Waals surface area (Å²) in [6.07, 6.45) is 2.54. The molecular formula is C18H22BrClN4O2. The van der Waals surface area contributed by atoms with Crippen LogP contribution in [0.15, 0.2) is 22.7 Å². The fraction of sp³-hybridized carbons (Fsp3) is 0.500. The Bertz CT molecular complexity index is 819. The molecule has 1 aromatic carbocycles. The minimum Gasteiger partial charge on any atom is -0.442 e. The highest BCUT2D eigenvalue weighted by atomic mass is 79.9. The molecule has 140 valence electrons. The zero-order chi connectivity index (χ0) is 18.9. The molecule has 0 spiro atoms. The zero-order valence-corrected chi connectivity index (χ0v) is 17.5. The third-order valence-corrected chi connectivity index (χ3v) is 4.65. The SMILES string of the molecule is CC(C)(C)OC(=O)N1CCCCCN1c1nc(Cl)nc2cc(Br)ccc12. The van der Waals surface area contributed by atoms with Crippen molar-refractivity contribution < 1.29 is 9.53 Å². The van der Waals surface area contributed by atoms with Gasteiger partial charge in [-0.1, -0.05) is 15.9 Å². The van der Waals surface area contributed by atoms with Gasteiger partial charge in [-0.25, -0.2) is 14.8 Å². The lowest BCUT2D eigenvalue weighted by atomic mass is 10.2. The highest BCUT2D eigenvalue weighted by molar-refractivity contribution is 9.10. The number of hydrazine groups is 1. The smallest absolute Gasteiger partial charge is 0.429 e. The molecule has 0 bridgehead atoms. The number of rotatable bonds is 1. The summed E-state index contributed by atoms with van der Waals surface area (Å²) in [7, 11) is 0. The Hall–Kier alpha value is -1.60. The fourth-order valence-electron chi connectivity index (χ4n) is 2.92. The number of anilines is 1. The second-order valence-corrected chi connectivity index (χ2v) is 8.52. The predicted molar refractivity (Wildman–Crippen MR) is 106 cm³/mol. The number of benzene rings is 1. The van der Waals surface area contributed by atoms with Crippen molar-refractivity contribution in [2.45, 2.75) is 45.6 Å². The monoisotopic (exact) mass is 440 g/mol. The number of halogens is 2. The average Bonchev–Trinajstić information content (AvgIpc) is 2.77. The Kier molecular flexibility index (Phi) is 5.58. The summed E-state index contributed by atoms with van der Waals surface area (Å²) < 4.78 is 6.52. The van der Waals surface area contributed by atoms with Gasteiger partial charge in [-0.2, -0.15) is 4.98 Å². The highest BCUT2D eigenvalue weighted by Crippen LogP contribution is 2.30. The first-order valence-electron chi connectivity index (χ1n) is 8.65. The number of hydrogen-bond donors (Lipinski definition) is 0. The first-order valence-corrected chi connectivity index (χ1v) is 9.82. The van der Waals surface area contributed by atoms with Gasteiger partial charge in [-0.05, 0) is 69.8 Å². The molecule has 2 heterocycles. The third-order valence-electron chi connectivity index (χ3n) is 3.99. The number of hydrogen-bond acceptors (Lipinski definition) is 5. The van der Waals surface area contributed by atoms with Crippen molar-refractivity contribution in [1.82, 2.24) is 15.0 Å². The number of amides is 1. The summed E-state index contributed by atoms with van der Waals surface area (Å²) in [4.78, 5) is 21.6. The van der Waals surface area contributed by atoms with Crippen molar-refractivity contribution in [1.29, 1.82) is 0 Å². The van der Waals surface area contributed by atoms with Crippen LogP contribution in [0.4, 0.5) is 10.6 Å². The molecule has 1 aliphatic heterocycles. The van der Waals surface area contributed by atoms with E-state index in [-0.39, 0.29) is 11.4 Å². The molecule has 1 fully saturated rings. The van der Waals surface area contributed by atoms with Gasteiger partial charge >= 0.3 is 6.09 Å². The van der Waals surface area contributed by atoms with Gasteiger partial charge in [0.1, 0.15) is 5.60 Å². The standard InChI is InChI=1S/C18H22BrClN4O2/c1-18(2,3)26-17(25)24-10-6-4-5-9-23(24)15-13-8-7-12(19)11-14(13)21-16(20)22-15/h7-8,11H,4-6,9-10H2,1-3H3. The lowest BCUT2D eigenvalue weighted by molar-refractivity contribution is 0.0232. The normalized spacial score (nSPS) is 15.9. The maximum atomic E-state index is 12.8. The van der Waals surface area contributed by atoms with E-state index in [9.17, 15) is 4.79 Å². The maximum absolute atomic E-state index is 12.8. The van der Waals surface area contributed by atoms with Crippen LogP contribution in [0.1, 0.15) is 40.0 Å². The molecule has 26 heavy (non-hydrogen) atoms. The van der Waals surface area contributed by atoms with Crippen molar-refractivity contribution >= 4 is 50.3 Å². The first-order chi connectivity index (χ1) is 12.2. The highest BCUT2D eigenvalue weighted by Gasteiger charge is 2.30. The minimum absolute atomic E-state index is 0.152. The van der Waals surface area contributed by atoms with Gasteiger partial charge in [0, 0.05) is 22.9 Å². The van der Waals surface area contributed by atoms with E-state index in [4.69, 9.17) is 16.3 Å². The van der Waals surface area contributed by atoms with E-state index in [1.807, 2.05) is 44.0 Å². The van der Waals surface area contributed by atoms with Crippen molar-refractivity contribution in [2.24, 2.45) is 0 Å². The van der Waals surface area contributed by atoms with E-state index in [2.05, 4.69) is 25.9 Å². The number of carbonyl (C=O) groups excluding carboxylic acids is 1. The van der Waals surface area contributed by atoms with Crippen LogP contribution in [0.25, 0.3) is 10.9 Å². The molecule has 0 atom stereocenters. The predicted octanol–water partition coefficient (Wildman–Crippen LogP) is 5.19. The molecule has 0 N–H and O–H groups in total. The molecule has 0 aliphatic carbocycles. The number of nitrogens with zero attached hydrogens (tertiary/aromatic N) is 4. The molecule has 1 aliphatic rings. The van der Waals surface area contributed by atoms with Crippen LogP contribution in [0.2, 0.25) is 5.28 Å². The molecule has 0 unspecified atom stereocenters. The molecule has 1 aromatic heterocycles. The second kappa shape index (κ2) is 7.56. The quantitative estimate of drug-likeness (QED) is 0.570. The summed E-state index contributed by atoms with van der Waals surface area (Å²) in [5.74, 6) is 0.625. The number of aromatic nitrogens is 2. The van der Waals surface area contributed by atoms with E-state index in [0.717, 1.165) is 34.6 Å². The number of ether oxygens (including phenoxy) is 1. The van der Waals surface area contributed by atoms with Crippen LogP contribution in [0, 0.1) is 0 Å².